The van der Waals surface area contributed by atoms with E-state index in [9.17, 15) is 0 Å². The predicted molar refractivity (Wildman–Crippen MR) is 68.1 cm³/mol. The van der Waals surface area contributed by atoms with Gasteiger partial charge in [-0.1, -0.05) is 13.8 Å². The molecule has 0 aliphatic carbocycles. The maximum absolute atomic E-state index is 5.62. The first-order valence-corrected chi connectivity index (χ1v) is 6.95. The van der Waals surface area contributed by atoms with Crippen LogP contribution in [0.1, 0.15) is 24.5 Å². The molecule has 0 radical (unpaired) electrons. The van der Waals surface area contributed by atoms with Gasteiger partial charge in [-0.3, -0.25) is 0 Å². The molecule has 1 aliphatic heterocycles. The third kappa shape index (κ3) is 4.35. The molecule has 2 rings (SSSR count). The number of aromatic nitrogens is 1. The first-order valence-electron chi connectivity index (χ1n) is 6.07. The molecule has 1 aromatic heterocycles. The van der Waals surface area contributed by atoms with Gasteiger partial charge in [0.05, 0.1) is 25.5 Å². The van der Waals surface area contributed by atoms with E-state index in [0.29, 0.717) is 12.5 Å². The zero-order valence-electron chi connectivity index (χ0n) is 10.4. The summed E-state index contributed by atoms with van der Waals surface area (Å²) in [5.41, 5.74) is 1.03. The van der Waals surface area contributed by atoms with Crippen molar-refractivity contribution in [1.82, 2.24) is 10.3 Å². The summed E-state index contributed by atoms with van der Waals surface area (Å²) in [6.45, 7) is 8.36. The van der Waals surface area contributed by atoms with Crippen molar-refractivity contribution in [1.29, 1.82) is 0 Å². The summed E-state index contributed by atoms with van der Waals surface area (Å²) in [6, 6.07) is 0. The molecule has 0 amide bonds. The molecule has 4 nitrogen and oxygen atoms in total. The third-order valence-corrected chi connectivity index (χ3v) is 3.40. The van der Waals surface area contributed by atoms with Crippen molar-refractivity contribution in [3.05, 3.63) is 16.1 Å². The van der Waals surface area contributed by atoms with E-state index in [1.54, 1.807) is 11.3 Å². The monoisotopic (exact) mass is 256 g/mol. The Morgan fingerprint density at radius 2 is 2.41 bits per heavy atom. The van der Waals surface area contributed by atoms with Gasteiger partial charge in [-0.2, -0.15) is 0 Å². The van der Waals surface area contributed by atoms with E-state index >= 15 is 0 Å². The Morgan fingerprint density at radius 1 is 1.59 bits per heavy atom. The Kier molecular flexibility index (Phi) is 4.91. The largest absolute Gasteiger partial charge is 0.376 e. The minimum absolute atomic E-state index is 0.277. The van der Waals surface area contributed by atoms with Gasteiger partial charge in [0.15, 0.2) is 0 Å². The van der Waals surface area contributed by atoms with E-state index in [1.165, 1.54) is 0 Å². The highest BCUT2D eigenvalue weighted by Crippen LogP contribution is 2.13. The van der Waals surface area contributed by atoms with E-state index in [-0.39, 0.29) is 6.10 Å². The zero-order chi connectivity index (χ0) is 12.1. The van der Waals surface area contributed by atoms with Crippen LogP contribution in [0.2, 0.25) is 0 Å². The van der Waals surface area contributed by atoms with Crippen molar-refractivity contribution in [3.63, 3.8) is 0 Å². The highest BCUT2D eigenvalue weighted by atomic mass is 32.1. The van der Waals surface area contributed by atoms with Crippen LogP contribution < -0.4 is 5.32 Å². The normalized spacial score (nSPS) is 16.4. The van der Waals surface area contributed by atoms with Crippen LogP contribution in [0.4, 0.5) is 0 Å². The SMILES string of the molecule is CC(C)CNCc1nc(COC2COC2)cs1. The number of ether oxygens (including phenoxy) is 2. The Labute approximate surface area is 106 Å². The Bertz CT molecular complexity index is 337. The fraction of sp³-hybridized carbons (Fsp3) is 0.750. The molecule has 96 valence electrons. The third-order valence-electron chi connectivity index (χ3n) is 2.50. The molecule has 0 aromatic carbocycles. The summed E-state index contributed by atoms with van der Waals surface area (Å²) in [5.74, 6) is 0.677. The molecule has 0 unspecified atom stereocenters. The van der Waals surface area contributed by atoms with Gasteiger partial charge in [-0.15, -0.1) is 11.3 Å². The van der Waals surface area contributed by atoms with Crippen LogP contribution in [0.5, 0.6) is 0 Å². The van der Waals surface area contributed by atoms with Gasteiger partial charge in [0.1, 0.15) is 11.1 Å². The number of thiazole rings is 1. The highest BCUT2D eigenvalue weighted by molar-refractivity contribution is 7.09. The predicted octanol–water partition coefficient (Wildman–Crippen LogP) is 1.80. The van der Waals surface area contributed by atoms with Gasteiger partial charge < -0.3 is 14.8 Å². The van der Waals surface area contributed by atoms with Gasteiger partial charge >= 0.3 is 0 Å². The smallest absolute Gasteiger partial charge is 0.107 e. The molecule has 0 spiro atoms. The summed E-state index contributed by atoms with van der Waals surface area (Å²) in [4.78, 5) is 4.53. The molecule has 0 saturated carbocycles. The topological polar surface area (TPSA) is 43.4 Å². The van der Waals surface area contributed by atoms with E-state index < -0.39 is 0 Å². The van der Waals surface area contributed by atoms with Gasteiger partial charge in [0, 0.05) is 11.9 Å². The van der Waals surface area contributed by atoms with Crippen LogP contribution in [-0.2, 0) is 22.6 Å². The van der Waals surface area contributed by atoms with Crippen LogP contribution in [0, 0.1) is 5.92 Å². The molecular formula is C12H20N2O2S. The van der Waals surface area contributed by atoms with Gasteiger partial charge in [-0.25, -0.2) is 4.98 Å². The number of hydrogen-bond donors (Lipinski definition) is 1. The number of nitrogens with one attached hydrogen (secondary N) is 1. The van der Waals surface area contributed by atoms with Crippen molar-refractivity contribution in [2.75, 3.05) is 19.8 Å². The molecule has 1 aromatic rings. The molecule has 1 N–H and O–H groups in total. The van der Waals surface area contributed by atoms with Crippen LogP contribution in [0.25, 0.3) is 0 Å². The van der Waals surface area contributed by atoms with Gasteiger partial charge in [0.25, 0.3) is 0 Å². The van der Waals surface area contributed by atoms with E-state index in [2.05, 4.69) is 29.5 Å². The second-order valence-electron chi connectivity index (χ2n) is 4.73. The van der Waals surface area contributed by atoms with Crippen molar-refractivity contribution in [2.45, 2.75) is 33.1 Å². The molecule has 2 heterocycles. The Hall–Kier alpha value is -0.490. The Morgan fingerprint density at radius 3 is 3.06 bits per heavy atom. The molecular weight excluding hydrogens is 236 g/mol. The zero-order valence-corrected chi connectivity index (χ0v) is 11.3. The van der Waals surface area contributed by atoms with Crippen molar-refractivity contribution < 1.29 is 9.47 Å². The standard InChI is InChI=1S/C12H20N2O2S/c1-9(2)3-13-4-12-14-10(8-17-12)5-16-11-6-15-7-11/h8-9,11,13H,3-7H2,1-2H3. The van der Waals surface area contributed by atoms with Crippen LogP contribution in [-0.4, -0.2) is 30.8 Å². The molecule has 1 fully saturated rings. The summed E-state index contributed by atoms with van der Waals surface area (Å²) in [7, 11) is 0. The van der Waals surface area contributed by atoms with Gasteiger partial charge in [0.2, 0.25) is 0 Å². The lowest BCUT2D eigenvalue weighted by Crippen LogP contribution is -2.35. The van der Waals surface area contributed by atoms with E-state index in [1.807, 2.05) is 0 Å². The van der Waals surface area contributed by atoms with Crippen molar-refractivity contribution in [2.24, 2.45) is 5.92 Å². The fourth-order valence-electron chi connectivity index (χ4n) is 1.48. The minimum atomic E-state index is 0.277. The molecule has 17 heavy (non-hydrogen) atoms. The molecule has 0 bridgehead atoms. The van der Waals surface area contributed by atoms with Crippen molar-refractivity contribution in [3.8, 4) is 0 Å². The number of hydrogen-bond acceptors (Lipinski definition) is 5. The Balaban J connectivity index is 1.67. The van der Waals surface area contributed by atoms with E-state index in [4.69, 9.17) is 9.47 Å². The van der Waals surface area contributed by atoms with E-state index in [0.717, 1.165) is 37.0 Å². The summed E-state index contributed by atoms with van der Waals surface area (Å²) in [5, 5.41) is 6.60. The number of nitrogens with zero attached hydrogens (tertiary/aromatic N) is 1. The average Bonchev–Trinajstić information content (AvgIpc) is 2.63. The summed E-state index contributed by atoms with van der Waals surface area (Å²) < 4.78 is 10.7. The van der Waals surface area contributed by atoms with Crippen LogP contribution in [0.15, 0.2) is 5.38 Å². The first kappa shape index (κ1) is 13.0. The van der Waals surface area contributed by atoms with Crippen molar-refractivity contribution >= 4 is 11.3 Å². The highest BCUT2D eigenvalue weighted by Gasteiger charge is 2.19. The molecule has 1 aliphatic rings. The summed E-state index contributed by atoms with van der Waals surface area (Å²) in [6.07, 6.45) is 0.277. The lowest BCUT2D eigenvalue weighted by atomic mass is 10.2. The molecule has 0 atom stereocenters. The summed E-state index contributed by atoms with van der Waals surface area (Å²) >= 11 is 1.69. The second kappa shape index (κ2) is 6.44. The first-order chi connectivity index (χ1) is 8.24. The van der Waals surface area contributed by atoms with Crippen LogP contribution in [0.3, 0.4) is 0 Å². The number of rotatable bonds is 7. The average molecular weight is 256 g/mol. The quantitative estimate of drug-likeness (QED) is 0.808. The maximum atomic E-state index is 5.62. The lowest BCUT2D eigenvalue weighted by molar-refractivity contribution is -0.135. The van der Waals surface area contributed by atoms with Gasteiger partial charge in [-0.05, 0) is 12.5 Å². The molecule has 5 heteroatoms. The molecule has 1 saturated heterocycles. The fourth-order valence-corrected chi connectivity index (χ4v) is 2.23. The van der Waals surface area contributed by atoms with Crippen LogP contribution >= 0.6 is 11.3 Å². The maximum Gasteiger partial charge on any atom is 0.107 e. The minimum Gasteiger partial charge on any atom is -0.376 e. The second-order valence-corrected chi connectivity index (χ2v) is 5.67. The lowest BCUT2D eigenvalue weighted by Gasteiger charge is -2.25.